The zero-order chi connectivity index (χ0) is 14.1. The first-order valence-corrected chi connectivity index (χ1v) is 5.94. The highest BCUT2D eigenvalue weighted by atomic mass is 16.7. The predicted molar refractivity (Wildman–Crippen MR) is 65.9 cm³/mol. The van der Waals surface area contributed by atoms with Crippen LogP contribution < -0.4 is 0 Å². The lowest BCUT2D eigenvalue weighted by Crippen LogP contribution is -2.36. The summed E-state index contributed by atoms with van der Waals surface area (Å²) in [5.74, 6) is -1.37. The molecule has 5 nitrogen and oxygen atoms in total. The van der Waals surface area contributed by atoms with E-state index in [9.17, 15) is 9.90 Å². The predicted octanol–water partition coefficient (Wildman–Crippen LogP) is 1.40. The Balaban J connectivity index is 2.60. The van der Waals surface area contributed by atoms with Gasteiger partial charge in [0, 0.05) is 0 Å². The van der Waals surface area contributed by atoms with Gasteiger partial charge in [-0.15, -0.1) is 0 Å². The third kappa shape index (κ3) is 4.08. The zero-order valence-electron chi connectivity index (χ0n) is 11.6. The Morgan fingerprint density at radius 1 is 1.50 bits per heavy atom. The second-order valence-corrected chi connectivity index (χ2v) is 5.84. The smallest absolute Gasteiger partial charge is 0.336 e. The van der Waals surface area contributed by atoms with E-state index in [0.29, 0.717) is 0 Å². The lowest BCUT2D eigenvalue weighted by Gasteiger charge is -2.24. The molecule has 1 N–H and O–H groups in total. The van der Waals surface area contributed by atoms with Crippen LogP contribution in [0.25, 0.3) is 0 Å². The molecule has 0 bridgehead atoms. The Labute approximate surface area is 108 Å². The summed E-state index contributed by atoms with van der Waals surface area (Å²) in [6.07, 6.45) is -1.72. The van der Waals surface area contributed by atoms with E-state index in [4.69, 9.17) is 14.2 Å². The van der Waals surface area contributed by atoms with Crippen molar-refractivity contribution >= 4 is 5.97 Å². The van der Waals surface area contributed by atoms with E-state index in [2.05, 4.69) is 6.58 Å². The van der Waals surface area contributed by atoms with Gasteiger partial charge in [-0.25, -0.2) is 4.79 Å². The zero-order valence-corrected chi connectivity index (χ0v) is 11.6. The van der Waals surface area contributed by atoms with Gasteiger partial charge in [-0.1, -0.05) is 6.58 Å². The Bertz CT molecular complexity index is 340. The molecule has 1 heterocycles. The minimum atomic E-state index is -1.12. The highest BCUT2D eigenvalue weighted by Gasteiger charge is 2.39. The molecule has 1 fully saturated rings. The van der Waals surface area contributed by atoms with Gasteiger partial charge in [-0.05, 0) is 34.6 Å². The molecule has 104 valence electrons. The van der Waals surface area contributed by atoms with Gasteiger partial charge in [0.2, 0.25) is 0 Å². The second-order valence-electron chi connectivity index (χ2n) is 5.84. The molecule has 5 heteroatoms. The normalized spacial score (nSPS) is 24.7. The van der Waals surface area contributed by atoms with Crippen molar-refractivity contribution < 1.29 is 24.1 Å². The van der Waals surface area contributed by atoms with Crippen LogP contribution in [0.4, 0.5) is 0 Å². The summed E-state index contributed by atoms with van der Waals surface area (Å²) >= 11 is 0. The molecule has 1 aliphatic rings. The monoisotopic (exact) mass is 258 g/mol. The van der Waals surface area contributed by atoms with Gasteiger partial charge in [0.05, 0.1) is 12.2 Å². The van der Waals surface area contributed by atoms with Gasteiger partial charge < -0.3 is 19.3 Å². The average Bonchev–Trinajstić information content (AvgIpc) is 2.54. The van der Waals surface area contributed by atoms with E-state index in [0.717, 1.165) is 0 Å². The van der Waals surface area contributed by atoms with Crippen LogP contribution in [-0.4, -0.2) is 41.3 Å². The van der Waals surface area contributed by atoms with Crippen LogP contribution in [0.1, 0.15) is 34.6 Å². The first-order valence-electron chi connectivity index (χ1n) is 5.94. The lowest BCUT2D eigenvalue weighted by atomic mass is 10.1. The average molecular weight is 258 g/mol. The topological polar surface area (TPSA) is 65.0 Å². The van der Waals surface area contributed by atoms with E-state index in [1.165, 1.54) is 0 Å². The maximum atomic E-state index is 11.7. The number of aliphatic hydroxyl groups excluding tert-OH is 1. The quantitative estimate of drug-likeness (QED) is 0.612. The molecular formula is C13H22O5. The number of carbonyl (C=O) groups is 1. The standard InChI is InChI=1S/C13H22O5/c1-8(11(15)18-12(2,3)4)10(14)9-7-16-13(5,6)17-9/h9-10,14H,1,7H2,2-6H3/t9-,10+/m1/s1. The van der Waals surface area contributed by atoms with Crippen LogP contribution in [-0.2, 0) is 19.0 Å². The van der Waals surface area contributed by atoms with Crippen LogP contribution in [0.5, 0.6) is 0 Å². The van der Waals surface area contributed by atoms with Crippen LogP contribution in [0.15, 0.2) is 12.2 Å². The van der Waals surface area contributed by atoms with Gasteiger partial charge in [0.25, 0.3) is 0 Å². The third-order valence-electron chi connectivity index (χ3n) is 2.40. The Hall–Kier alpha value is -0.910. The highest BCUT2D eigenvalue weighted by Crippen LogP contribution is 2.26. The summed E-state index contributed by atoms with van der Waals surface area (Å²) in [5.41, 5.74) is -0.636. The maximum Gasteiger partial charge on any atom is 0.336 e. The highest BCUT2D eigenvalue weighted by molar-refractivity contribution is 5.89. The van der Waals surface area contributed by atoms with Crippen molar-refractivity contribution in [2.24, 2.45) is 0 Å². The molecule has 0 aromatic carbocycles. The van der Waals surface area contributed by atoms with Crippen LogP contribution >= 0.6 is 0 Å². The SMILES string of the molecule is C=C(C(=O)OC(C)(C)C)[C@H](O)[C@H]1COC(C)(C)O1. The fourth-order valence-electron chi connectivity index (χ4n) is 1.56. The third-order valence-corrected chi connectivity index (χ3v) is 2.40. The Morgan fingerprint density at radius 2 is 2.06 bits per heavy atom. The summed E-state index contributed by atoms with van der Waals surface area (Å²) in [6, 6.07) is 0. The molecule has 0 amide bonds. The van der Waals surface area contributed by atoms with E-state index < -0.39 is 29.6 Å². The Morgan fingerprint density at radius 3 is 2.44 bits per heavy atom. The van der Waals surface area contributed by atoms with Gasteiger partial charge in [0.15, 0.2) is 5.79 Å². The van der Waals surface area contributed by atoms with Gasteiger partial charge >= 0.3 is 5.97 Å². The fourth-order valence-corrected chi connectivity index (χ4v) is 1.56. The number of aliphatic hydroxyl groups is 1. The number of esters is 1. The number of carbonyl (C=O) groups excluding carboxylic acids is 1. The molecule has 1 aliphatic heterocycles. The van der Waals surface area contributed by atoms with E-state index in [1.807, 2.05) is 0 Å². The summed E-state index contributed by atoms with van der Waals surface area (Å²) in [7, 11) is 0. The van der Waals surface area contributed by atoms with Crippen LogP contribution in [0.2, 0.25) is 0 Å². The first-order chi connectivity index (χ1) is 8.02. The molecule has 0 aromatic rings. The lowest BCUT2D eigenvalue weighted by molar-refractivity contribution is -0.158. The molecule has 0 spiro atoms. The van der Waals surface area contributed by atoms with E-state index in [-0.39, 0.29) is 12.2 Å². The number of hydrogen-bond donors (Lipinski definition) is 1. The molecule has 0 radical (unpaired) electrons. The number of rotatable bonds is 3. The molecule has 2 atom stereocenters. The van der Waals surface area contributed by atoms with Crippen molar-refractivity contribution in [3.63, 3.8) is 0 Å². The number of ether oxygens (including phenoxy) is 3. The molecule has 0 saturated carbocycles. The summed E-state index contributed by atoms with van der Waals surface area (Å²) in [6.45, 7) is 12.5. The second kappa shape index (κ2) is 4.99. The molecule has 0 unspecified atom stereocenters. The number of hydrogen-bond acceptors (Lipinski definition) is 5. The van der Waals surface area contributed by atoms with Crippen LogP contribution in [0, 0.1) is 0 Å². The fraction of sp³-hybridized carbons (Fsp3) is 0.769. The van der Waals surface area contributed by atoms with Crippen molar-refractivity contribution in [2.45, 2.75) is 58.2 Å². The van der Waals surface area contributed by atoms with Crippen molar-refractivity contribution in [3.8, 4) is 0 Å². The van der Waals surface area contributed by atoms with Gasteiger partial charge in [-0.2, -0.15) is 0 Å². The molecule has 1 rings (SSSR count). The summed E-state index contributed by atoms with van der Waals surface area (Å²) < 4.78 is 15.9. The molecule has 0 aromatic heterocycles. The molecular weight excluding hydrogens is 236 g/mol. The van der Waals surface area contributed by atoms with Crippen molar-refractivity contribution in [1.29, 1.82) is 0 Å². The summed E-state index contributed by atoms with van der Waals surface area (Å²) in [5, 5.41) is 10.0. The van der Waals surface area contributed by atoms with E-state index >= 15 is 0 Å². The van der Waals surface area contributed by atoms with Crippen molar-refractivity contribution in [3.05, 3.63) is 12.2 Å². The maximum absolute atomic E-state index is 11.7. The Kier molecular flexibility index (Phi) is 4.20. The largest absolute Gasteiger partial charge is 0.457 e. The van der Waals surface area contributed by atoms with E-state index in [1.54, 1.807) is 34.6 Å². The van der Waals surface area contributed by atoms with Gasteiger partial charge in [0.1, 0.15) is 17.8 Å². The summed E-state index contributed by atoms with van der Waals surface area (Å²) in [4.78, 5) is 11.7. The minimum Gasteiger partial charge on any atom is -0.457 e. The molecule has 0 aliphatic carbocycles. The molecule has 1 saturated heterocycles. The van der Waals surface area contributed by atoms with Crippen LogP contribution in [0.3, 0.4) is 0 Å². The first kappa shape index (κ1) is 15.1. The van der Waals surface area contributed by atoms with Crippen molar-refractivity contribution in [1.82, 2.24) is 0 Å². The molecule has 18 heavy (non-hydrogen) atoms. The minimum absolute atomic E-state index is 0.0174. The van der Waals surface area contributed by atoms with Gasteiger partial charge in [-0.3, -0.25) is 0 Å². The van der Waals surface area contributed by atoms with Crippen molar-refractivity contribution in [2.75, 3.05) is 6.61 Å².